The van der Waals surface area contributed by atoms with Crippen molar-refractivity contribution >= 4 is 11.7 Å². The van der Waals surface area contributed by atoms with Crippen molar-refractivity contribution in [1.82, 2.24) is 15.3 Å². The monoisotopic (exact) mass is 386 g/mol. The van der Waals surface area contributed by atoms with Gasteiger partial charge in [-0.15, -0.1) is 0 Å². The number of hydrogen-bond acceptors (Lipinski definition) is 4. The maximum absolute atomic E-state index is 12.5. The zero-order chi connectivity index (χ0) is 19.9. The molecule has 1 N–H and O–H groups in total. The Labute approximate surface area is 171 Å². The van der Waals surface area contributed by atoms with E-state index in [9.17, 15) is 4.79 Å². The summed E-state index contributed by atoms with van der Waals surface area (Å²) < 4.78 is 0. The second-order valence-electron chi connectivity index (χ2n) is 7.55. The molecule has 0 radical (unpaired) electrons. The summed E-state index contributed by atoms with van der Waals surface area (Å²) in [6.45, 7) is 2.41. The molecule has 4 rings (SSSR count). The molecule has 3 aromatic rings. The zero-order valence-corrected chi connectivity index (χ0v) is 16.5. The first-order chi connectivity index (χ1) is 14.3. The van der Waals surface area contributed by atoms with E-state index in [1.807, 2.05) is 30.3 Å². The van der Waals surface area contributed by atoms with Crippen molar-refractivity contribution < 1.29 is 4.79 Å². The first kappa shape index (κ1) is 19.1. The summed E-state index contributed by atoms with van der Waals surface area (Å²) in [5.41, 5.74) is 2.89. The van der Waals surface area contributed by atoms with Gasteiger partial charge in [-0.2, -0.15) is 0 Å². The van der Waals surface area contributed by atoms with Crippen molar-refractivity contribution in [3.05, 3.63) is 89.9 Å². The van der Waals surface area contributed by atoms with Gasteiger partial charge in [-0.1, -0.05) is 60.7 Å². The summed E-state index contributed by atoms with van der Waals surface area (Å²) in [6, 6.07) is 22.4. The second kappa shape index (κ2) is 9.32. The van der Waals surface area contributed by atoms with Crippen LogP contribution in [0.4, 0.5) is 5.82 Å². The molecule has 0 bridgehead atoms. The van der Waals surface area contributed by atoms with Crippen LogP contribution >= 0.6 is 0 Å². The SMILES string of the molecule is O=C(NCc1ccccc1)c1cc(N2CCC(Cc3ccccc3)CC2)ncn1. The fourth-order valence-corrected chi connectivity index (χ4v) is 3.83. The Bertz CT molecular complexity index is 922. The lowest BCUT2D eigenvalue weighted by atomic mass is 9.90. The molecule has 148 valence electrons. The highest BCUT2D eigenvalue weighted by Gasteiger charge is 2.21. The molecule has 5 heteroatoms. The van der Waals surface area contributed by atoms with Crippen molar-refractivity contribution in [1.29, 1.82) is 0 Å². The number of aromatic nitrogens is 2. The molecule has 29 heavy (non-hydrogen) atoms. The van der Waals surface area contributed by atoms with Gasteiger partial charge in [0, 0.05) is 25.7 Å². The van der Waals surface area contributed by atoms with Gasteiger partial charge in [0.15, 0.2) is 0 Å². The third-order valence-electron chi connectivity index (χ3n) is 5.49. The largest absolute Gasteiger partial charge is 0.356 e. The predicted molar refractivity (Wildman–Crippen MR) is 115 cm³/mol. The van der Waals surface area contributed by atoms with Crippen molar-refractivity contribution in [2.75, 3.05) is 18.0 Å². The molecule has 1 amide bonds. The lowest BCUT2D eigenvalue weighted by Crippen LogP contribution is -2.35. The van der Waals surface area contributed by atoms with Gasteiger partial charge in [-0.3, -0.25) is 4.79 Å². The molecule has 2 heterocycles. The molecule has 0 atom stereocenters. The minimum atomic E-state index is -0.170. The molecule has 5 nitrogen and oxygen atoms in total. The highest BCUT2D eigenvalue weighted by atomic mass is 16.1. The first-order valence-corrected chi connectivity index (χ1v) is 10.2. The first-order valence-electron chi connectivity index (χ1n) is 10.2. The lowest BCUT2D eigenvalue weighted by molar-refractivity contribution is 0.0945. The fraction of sp³-hybridized carbons (Fsp3) is 0.292. The van der Waals surface area contributed by atoms with E-state index in [0.29, 0.717) is 18.2 Å². The molecule has 1 fully saturated rings. The maximum atomic E-state index is 12.5. The van der Waals surface area contributed by atoms with E-state index >= 15 is 0 Å². The molecule has 0 saturated carbocycles. The average Bonchev–Trinajstić information content (AvgIpc) is 2.79. The molecule has 1 saturated heterocycles. The van der Waals surface area contributed by atoms with Crippen LogP contribution in [0.15, 0.2) is 73.1 Å². The summed E-state index contributed by atoms with van der Waals surface area (Å²) >= 11 is 0. The molecule has 1 aliphatic heterocycles. The van der Waals surface area contributed by atoms with Gasteiger partial charge in [0.2, 0.25) is 0 Å². The highest BCUT2D eigenvalue weighted by molar-refractivity contribution is 5.92. The number of hydrogen-bond donors (Lipinski definition) is 1. The number of benzene rings is 2. The predicted octanol–water partition coefficient (Wildman–Crippen LogP) is 3.87. The van der Waals surface area contributed by atoms with Crippen LogP contribution in [-0.2, 0) is 13.0 Å². The van der Waals surface area contributed by atoms with E-state index < -0.39 is 0 Å². The number of anilines is 1. The normalized spacial score (nSPS) is 14.6. The van der Waals surface area contributed by atoms with Crippen molar-refractivity contribution in [3.63, 3.8) is 0 Å². The van der Waals surface area contributed by atoms with Crippen LogP contribution in [0.2, 0.25) is 0 Å². The molecule has 0 unspecified atom stereocenters. The van der Waals surface area contributed by atoms with E-state index in [0.717, 1.165) is 43.7 Å². The van der Waals surface area contributed by atoms with E-state index in [1.54, 1.807) is 6.07 Å². The lowest BCUT2D eigenvalue weighted by Gasteiger charge is -2.33. The second-order valence-corrected chi connectivity index (χ2v) is 7.55. The van der Waals surface area contributed by atoms with Gasteiger partial charge in [0.05, 0.1) is 0 Å². The van der Waals surface area contributed by atoms with Crippen LogP contribution in [-0.4, -0.2) is 29.0 Å². The number of rotatable bonds is 6. The van der Waals surface area contributed by atoms with Crippen LogP contribution in [0.25, 0.3) is 0 Å². The summed E-state index contributed by atoms with van der Waals surface area (Å²) in [6.07, 6.45) is 4.89. The van der Waals surface area contributed by atoms with Gasteiger partial charge >= 0.3 is 0 Å². The Morgan fingerprint density at radius 1 is 0.931 bits per heavy atom. The Hall–Kier alpha value is -3.21. The van der Waals surface area contributed by atoms with Crippen molar-refractivity contribution in [2.45, 2.75) is 25.8 Å². The summed E-state index contributed by atoms with van der Waals surface area (Å²) in [5.74, 6) is 1.36. The van der Waals surface area contributed by atoms with E-state index in [4.69, 9.17) is 0 Å². The molecular formula is C24H26N4O. The number of amides is 1. The minimum Gasteiger partial charge on any atom is -0.356 e. The Morgan fingerprint density at radius 3 is 2.28 bits per heavy atom. The fourth-order valence-electron chi connectivity index (χ4n) is 3.83. The average molecular weight is 386 g/mol. The molecule has 0 spiro atoms. The topological polar surface area (TPSA) is 58.1 Å². The third kappa shape index (κ3) is 5.19. The van der Waals surface area contributed by atoms with Gasteiger partial charge < -0.3 is 10.2 Å². The minimum absolute atomic E-state index is 0.170. The quantitative estimate of drug-likeness (QED) is 0.699. The van der Waals surface area contributed by atoms with Crippen LogP contribution in [0.5, 0.6) is 0 Å². The van der Waals surface area contributed by atoms with E-state index in [1.165, 1.54) is 11.9 Å². The molecule has 0 aliphatic carbocycles. The molecule has 2 aromatic carbocycles. The maximum Gasteiger partial charge on any atom is 0.270 e. The van der Waals surface area contributed by atoms with E-state index in [-0.39, 0.29) is 5.91 Å². The van der Waals surface area contributed by atoms with Crippen LogP contribution in [0.3, 0.4) is 0 Å². The molecule has 1 aromatic heterocycles. The smallest absolute Gasteiger partial charge is 0.270 e. The van der Waals surface area contributed by atoms with E-state index in [2.05, 4.69) is 50.5 Å². The highest BCUT2D eigenvalue weighted by Crippen LogP contribution is 2.24. The number of carbonyl (C=O) groups excluding carboxylic acids is 1. The Balaban J connectivity index is 1.32. The van der Waals surface area contributed by atoms with Gasteiger partial charge in [0.1, 0.15) is 17.8 Å². The van der Waals surface area contributed by atoms with Gasteiger partial charge in [-0.05, 0) is 36.3 Å². The summed E-state index contributed by atoms with van der Waals surface area (Å²) in [4.78, 5) is 23.3. The molecule has 1 aliphatic rings. The Kier molecular flexibility index (Phi) is 6.15. The van der Waals surface area contributed by atoms with Gasteiger partial charge in [-0.25, -0.2) is 9.97 Å². The van der Waals surface area contributed by atoms with Crippen molar-refractivity contribution in [3.8, 4) is 0 Å². The van der Waals surface area contributed by atoms with Crippen LogP contribution in [0.1, 0.15) is 34.5 Å². The summed E-state index contributed by atoms with van der Waals surface area (Å²) in [7, 11) is 0. The van der Waals surface area contributed by atoms with Crippen LogP contribution < -0.4 is 10.2 Å². The number of nitrogens with zero attached hydrogens (tertiary/aromatic N) is 3. The molecular weight excluding hydrogens is 360 g/mol. The number of piperidine rings is 1. The third-order valence-corrected chi connectivity index (χ3v) is 5.49. The van der Waals surface area contributed by atoms with Crippen molar-refractivity contribution in [2.24, 2.45) is 5.92 Å². The Morgan fingerprint density at radius 2 is 1.59 bits per heavy atom. The summed E-state index contributed by atoms with van der Waals surface area (Å²) in [5, 5.41) is 2.93. The zero-order valence-electron chi connectivity index (χ0n) is 16.5. The van der Waals surface area contributed by atoms with Crippen LogP contribution in [0, 0.1) is 5.92 Å². The number of carbonyl (C=O) groups is 1. The van der Waals surface area contributed by atoms with Gasteiger partial charge in [0.25, 0.3) is 5.91 Å². The standard InChI is InChI=1S/C24H26N4O/c29-24(25-17-21-9-5-2-6-10-21)22-16-23(27-18-26-22)28-13-11-20(12-14-28)15-19-7-3-1-4-8-19/h1-10,16,18,20H,11-15,17H2,(H,25,29). The number of nitrogens with one attached hydrogen (secondary N) is 1.